The number of pyridine rings is 1. The summed E-state index contributed by atoms with van der Waals surface area (Å²) in [6, 6.07) is 5.90. The van der Waals surface area contributed by atoms with Crippen LogP contribution in [-0.4, -0.2) is 39.5 Å². The molecule has 0 amide bonds. The first-order valence-electron chi connectivity index (χ1n) is 9.03. The van der Waals surface area contributed by atoms with E-state index in [0.717, 1.165) is 63.9 Å². The molecular weight excluding hydrogens is 342 g/mol. The Labute approximate surface area is 155 Å². The van der Waals surface area contributed by atoms with Gasteiger partial charge < -0.3 is 14.4 Å². The van der Waals surface area contributed by atoms with E-state index in [1.54, 1.807) is 6.20 Å². The highest BCUT2D eigenvalue weighted by Gasteiger charge is 2.24. The molecule has 0 radical (unpaired) electrons. The first kappa shape index (κ1) is 14.8. The van der Waals surface area contributed by atoms with E-state index in [0.29, 0.717) is 0 Å². The molecule has 5 heterocycles. The second-order valence-electron chi connectivity index (χ2n) is 7.23. The van der Waals surface area contributed by atoms with Gasteiger partial charge in [-0.3, -0.25) is 4.98 Å². The van der Waals surface area contributed by atoms with Crippen molar-refractivity contribution in [2.75, 3.05) is 24.8 Å². The Balaban J connectivity index is 1.50. The van der Waals surface area contributed by atoms with Crippen molar-refractivity contribution in [2.24, 2.45) is 5.92 Å². The summed E-state index contributed by atoms with van der Waals surface area (Å²) in [5, 5.41) is 5.55. The van der Waals surface area contributed by atoms with Crippen LogP contribution in [0.15, 0.2) is 43.0 Å². The third-order valence-electron chi connectivity index (χ3n) is 5.30. The number of aromatic nitrogens is 4. The Morgan fingerprint density at radius 2 is 1.89 bits per heavy atom. The maximum Gasteiger partial charge on any atom is 0.231 e. The minimum absolute atomic E-state index is 0.247. The normalized spacial score (nSPS) is 16.3. The first-order valence-corrected chi connectivity index (χ1v) is 9.03. The molecule has 0 saturated carbocycles. The van der Waals surface area contributed by atoms with Crippen molar-refractivity contribution in [1.29, 1.82) is 0 Å². The summed E-state index contributed by atoms with van der Waals surface area (Å²) in [6.07, 6.45) is 7.66. The monoisotopic (exact) mass is 359 g/mol. The van der Waals surface area contributed by atoms with Crippen LogP contribution in [0.4, 0.5) is 5.69 Å². The van der Waals surface area contributed by atoms with E-state index in [9.17, 15) is 0 Å². The molecule has 0 aliphatic carbocycles. The van der Waals surface area contributed by atoms with E-state index < -0.39 is 0 Å². The third-order valence-corrected chi connectivity index (χ3v) is 5.30. The van der Waals surface area contributed by atoms with Gasteiger partial charge in [0.1, 0.15) is 0 Å². The van der Waals surface area contributed by atoms with Gasteiger partial charge in [0.15, 0.2) is 17.1 Å². The number of hydrogen-bond acceptors (Lipinski definition) is 6. The molecule has 134 valence electrons. The van der Waals surface area contributed by atoms with Gasteiger partial charge in [-0.15, -0.1) is 0 Å². The molecule has 6 rings (SSSR count). The van der Waals surface area contributed by atoms with Crippen LogP contribution in [0.1, 0.15) is 6.92 Å². The molecular formula is C20H17N5O2. The smallest absolute Gasteiger partial charge is 0.231 e. The lowest BCUT2D eigenvalue weighted by Crippen LogP contribution is -2.45. The van der Waals surface area contributed by atoms with Gasteiger partial charge in [0.05, 0.1) is 29.8 Å². The van der Waals surface area contributed by atoms with Crippen molar-refractivity contribution in [3.8, 4) is 22.6 Å². The van der Waals surface area contributed by atoms with Crippen LogP contribution in [0.5, 0.6) is 11.5 Å². The van der Waals surface area contributed by atoms with E-state index in [-0.39, 0.29) is 6.79 Å². The average Bonchev–Trinajstić information content (AvgIpc) is 3.29. The number of benzene rings is 1. The van der Waals surface area contributed by atoms with E-state index in [4.69, 9.17) is 14.5 Å². The van der Waals surface area contributed by atoms with E-state index in [2.05, 4.69) is 28.1 Å². The Kier molecular flexibility index (Phi) is 2.92. The minimum atomic E-state index is 0.247. The largest absolute Gasteiger partial charge is 0.454 e. The van der Waals surface area contributed by atoms with Gasteiger partial charge >= 0.3 is 0 Å². The highest BCUT2D eigenvalue weighted by atomic mass is 16.7. The summed E-state index contributed by atoms with van der Waals surface area (Å²) in [7, 11) is 0. The molecule has 7 nitrogen and oxygen atoms in total. The quantitative estimate of drug-likeness (QED) is 0.548. The van der Waals surface area contributed by atoms with Gasteiger partial charge in [0.2, 0.25) is 6.79 Å². The fourth-order valence-corrected chi connectivity index (χ4v) is 3.90. The van der Waals surface area contributed by atoms with Crippen molar-refractivity contribution >= 4 is 22.2 Å². The maximum absolute atomic E-state index is 5.54. The van der Waals surface area contributed by atoms with E-state index >= 15 is 0 Å². The lowest BCUT2D eigenvalue weighted by Gasteiger charge is -2.38. The molecule has 0 bridgehead atoms. The van der Waals surface area contributed by atoms with Crippen LogP contribution >= 0.6 is 0 Å². The Morgan fingerprint density at radius 3 is 2.74 bits per heavy atom. The second-order valence-corrected chi connectivity index (χ2v) is 7.23. The van der Waals surface area contributed by atoms with Gasteiger partial charge in [0, 0.05) is 36.3 Å². The zero-order valence-corrected chi connectivity index (χ0v) is 14.8. The van der Waals surface area contributed by atoms with Crippen LogP contribution in [0, 0.1) is 5.92 Å². The van der Waals surface area contributed by atoms with Gasteiger partial charge in [0.25, 0.3) is 0 Å². The lowest BCUT2D eigenvalue weighted by atomic mass is 10.0. The van der Waals surface area contributed by atoms with Gasteiger partial charge in [-0.1, -0.05) is 6.92 Å². The van der Waals surface area contributed by atoms with Crippen LogP contribution in [0.25, 0.3) is 27.7 Å². The predicted octanol–water partition coefficient (Wildman–Crippen LogP) is 3.13. The van der Waals surface area contributed by atoms with E-state index in [1.807, 2.05) is 35.1 Å². The van der Waals surface area contributed by atoms with Crippen molar-refractivity contribution in [2.45, 2.75) is 6.92 Å². The van der Waals surface area contributed by atoms with E-state index in [1.165, 1.54) is 0 Å². The number of hydrogen-bond donors (Lipinski definition) is 0. The Bertz CT molecular complexity index is 1200. The number of fused-ring (bicyclic) bond motifs is 3. The van der Waals surface area contributed by atoms with Crippen LogP contribution < -0.4 is 14.4 Å². The zero-order valence-electron chi connectivity index (χ0n) is 14.8. The summed E-state index contributed by atoms with van der Waals surface area (Å²) in [5.41, 5.74) is 4.81. The molecule has 2 aliphatic heterocycles. The molecule has 1 aromatic carbocycles. The molecule has 3 aromatic heterocycles. The first-order chi connectivity index (χ1) is 13.3. The summed E-state index contributed by atoms with van der Waals surface area (Å²) in [6.45, 7) is 4.65. The fraction of sp³-hybridized carbons (Fsp3) is 0.250. The summed E-state index contributed by atoms with van der Waals surface area (Å²) < 4.78 is 12.9. The standard InChI is InChI=1S/C20H17N5O2/c1-12-8-24(9-12)13-6-22-20-16(7-23-25(20)10-13)14-2-3-21-17-5-19-18(4-15(14)17)26-11-27-19/h2-7,10,12H,8-9,11H2,1H3. The van der Waals surface area contributed by atoms with Gasteiger partial charge in [-0.25, -0.2) is 9.50 Å². The summed E-state index contributed by atoms with van der Waals surface area (Å²) in [4.78, 5) is 11.5. The lowest BCUT2D eigenvalue weighted by molar-refractivity contribution is 0.174. The summed E-state index contributed by atoms with van der Waals surface area (Å²) >= 11 is 0. The summed E-state index contributed by atoms with van der Waals surface area (Å²) in [5.74, 6) is 2.22. The topological polar surface area (TPSA) is 64.8 Å². The molecule has 0 spiro atoms. The molecule has 1 saturated heterocycles. The van der Waals surface area contributed by atoms with Crippen LogP contribution in [0.2, 0.25) is 0 Å². The average molecular weight is 359 g/mol. The number of nitrogens with zero attached hydrogens (tertiary/aromatic N) is 5. The number of rotatable bonds is 2. The molecule has 0 atom stereocenters. The Morgan fingerprint density at radius 1 is 1.04 bits per heavy atom. The second kappa shape index (κ2) is 5.33. The Hall–Kier alpha value is -3.35. The molecule has 4 aromatic rings. The highest BCUT2D eigenvalue weighted by Crippen LogP contribution is 2.39. The van der Waals surface area contributed by atoms with Crippen molar-refractivity contribution in [3.63, 3.8) is 0 Å². The van der Waals surface area contributed by atoms with Gasteiger partial charge in [-0.05, 0) is 23.6 Å². The molecule has 0 N–H and O–H groups in total. The van der Waals surface area contributed by atoms with Crippen molar-refractivity contribution in [3.05, 3.63) is 43.0 Å². The molecule has 0 unspecified atom stereocenters. The van der Waals surface area contributed by atoms with Crippen molar-refractivity contribution in [1.82, 2.24) is 19.6 Å². The number of ether oxygens (including phenoxy) is 2. The molecule has 1 fully saturated rings. The SMILES string of the molecule is CC1CN(c2cnc3c(-c4ccnc5cc6c(cc45)OCO6)cnn3c2)C1. The molecule has 2 aliphatic rings. The number of anilines is 1. The predicted molar refractivity (Wildman–Crippen MR) is 101 cm³/mol. The third kappa shape index (κ3) is 2.17. The fourth-order valence-electron chi connectivity index (χ4n) is 3.90. The minimum Gasteiger partial charge on any atom is -0.454 e. The van der Waals surface area contributed by atoms with Crippen molar-refractivity contribution < 1.29 is 9.47 Å². The van der Waals surface area contributed by atoms with Gasteiger partial charge in [-0.2, -0.15) is 5.10 Å². The maximum atomic E-state index is 5.54. The molecule has 7 heteroatoms. The zero-order chi connectivity index (χ0) is 18.0. The highest BCUT2D eigenvalue weighted by molar-refractivity contribution is 5.99. The van der Waals surface area contributed by atoms with Crippen LogP contribution in [0.3, 0.4) is 0 Å². The molecule has 27 heavy (non-hydrogen) atoms. The van der Waals surface area contributed by atoms with Crippen LogP contribution in [-0.2, 0) is 0 Å².